The second kappa shape index (κ2) is 7.89. The highest BCUT2D eigenvalue weighted by atomic mass is 16.5. The first-order valence-electron chi connectivity index (χ1n) is 10.1. The summed E-state index contributed by atoms with van der Waals surface area (Å²) in [5.41, 5.74) is 3.88. The number of aromatic nitrogens is 4. The predicted molar refractivity (Wildman–Crippen MR) is 117 cm³/mol. The predicted octanol–water partition coefficient (Wildman–Crippen LogP) is 2.96. The van der Waals surface area contributed by atoms with Crippen LogP contribution in [0.2, 0.25) is 0 Å². The lowest BCUT2D eigenvalue weighted by Crippen LogP contribution is -2.28. The normalized spacial score (nSPS) is 17.2. The fraction of sp³-hybridized carbons (Fsp3) is 0.364. The molecule has 3 aromatic rings. The van der Waals surface area contributed by atoms with Crippen molar-refractivity contribution in [2.45, 2.75) is 32.3 Å². The molecular weight excluding hydrogens is 394 g/mol. The topological polar surface area (TPSA) is 121 Å². The van der Waals surface area contributed by atoms with Crippen molar-refractivity contribution < 1.29 is 9.84 Å². The van der Waals surface area contributed by atoms with Crippen LogP contribution in [0.5, 0.6) is 5.88 Å². The first kappa shape index (κ1) is 20.6. The third-order valence-electron chi connectivity index (χ3n) is 5.34. The first-order valence-corrected chi connectivity index (χ1v) is 10.1. The van der Waals surface area contributed by atoms with E-state index in [0.29, 0.717) is 35.3 Å². The van der Waals surface area contributed by atoms with Gasteiger partial charge in [0.2, 0.25) is 11.8 Å². The van der Waals surface area contributed by atoms with Crippen LogP contribution in [0.25, 0.3) is 11.3 Å². The Morgan fingerprint density at radius 2 is 2.23 bits per heavy atom. The van der Waals surface area contributed by atoms with Crippen LogP contribution in [0.3, 0.4) is 0 Å². The van der Waals surface area contributed by atoms with Crippen molar-refractivity contribution in [1.82, 2.24) is 19.7 Å². The van der Waals surface area contributed by atoms with Gasteiger partial charge < -0.3 is 20.5 Å². The van der Waals surface area contributed by atoms with E-state index in [2.05, 4.69) is 31.8 Å². The molecule has 0 bridgehead atoms. The van der Waals surface area contributed by atoms with Crippen LogP contribution in [0.4, 0.5) is 17.3 Å². The number of aliphatic hydroxyl groups excluding tert-OH is 1. The summed E-state index contributed by atoms with van der Waals surface area (Å²) < 4.78 is 7.48. The van der Waals surface area contributed by atoms with E-state index in [4.69, 9.17) is 4.74 Å². The molecule has 0 unspecified atom stereocenters. The summed E-state index contributed by atoms with van der Waals surface area (Å²) in [5, 5.41) is 30.2. The molecule has 0 aliphatic carbocycles. The lowest BCUT2D eigenvalue weighted by atomic mass is 9.83. The summed E-state index contributed by atoms with van der Waals surface area (Å²) in [6.45, 7) is 6.43. The van der Waals surface area contributed by atoms with Crippen LogP contribution in [-0.2, 0) is 12.5 Å². The van der Waals surface area contributed by atoms with Gasteiger partial charge in [-0.1, -0.05) is 6.92 Å². The molecule has 3 heterocycles. The summed E-state index contributed by atoms with van der Waals surface area (Å²) in [6, 6.07) is 7.83. The molecule has 31 heavy (non-hydrogen) atoms. The molecule has 0 spiro atoms. The molecule has 2 aromatic heterocycles. The number of aliphatic hydroxyl groups is 1. The Hall–Kier alpha value is -3.64. The number of hydrogen-bond acceptors (Lipinski definition) is 8. The molecule has 0 radical (unpaired) electrons. The van der Waals surface area contributed by atoms with E-state index in [1.807, 2.05) is 26.8 Å². The van der Waals surface area contributed by atoms with Gasteiger partial charge in [0.1, 0.15) is 11.8 Å². The minimum absolute atomic E-state index is 0.00605. The number of rotatable bonds is 6. The molecule has 9 heteroatoms. The van der Waals surface area contributed by atoms with Gasteiger partial charge in [-0.2, -0.15) is 10.4 Å². The lowest BCUT2D eigenvalue weighted by Gasteiger charge is -2.21. The maximum Gasteiger partial charge on any atom is 0.236 e. The summed E-state index contributed by atoms with van der Waals surface area (Å²) >= 11 is 0. The number of anilines is 3. The van der Waals surface area contributed by atoms with E-state index in [9.17, 15) is 10.4 Å². The zero-order valence-electron chi connectivity index (χ0n) is 18.0. The minimum atomic E-state index is -0.455. The zero-order chi connectivity index (χ0) is 22.2. The van der Waals surface area contributed by atoms with Crippen molar-refractivity contribution >= 4 is 17.3 Å². The van der Waals surface area contributed by atoms with Gasteiger partial charge in [-0.3, -0.25) is 0 Å². The Labute approximate surface area is 180 Å². The largest absolute Gasteiger partial charge is 0.474 e. The Morgan fingerprint density at radius 3 is 2.94 bits per heavy atom. The van der Waals surface area contributed by atoms with Crippen molar-refractivity contribution in [2.75, 3.05) is 23.8 Å². The van der Waals surface area contributed by atoms with E-state index >= 15 is 0 Å². The molecule has 0 saturated carbocycles. The summed E-state index contributed by atoms with van der Waals surface area (Å²) in [7, 11) is 1.81. The second-order valence-electron chi connectivity index (χ2n) is 8.17. The highest BCUT2D eigenvalue weighted by Gasteiger charge is 2.36. The fourth-order valence-electron chi connectivity index (χ4n) is 3.64. The minimum Gasteiger partial charge on any atom is -0.474 e. The van der Waals surface area contributed by atoms with Gasteiger partial charge >= 0.3 is 0 Å². The van der Waals surface area contributed by atoms with Crippen LogP contribution >= 0.6 is 0 Å². The molecule has 0 fully saturated rings. The molecule has 0 amide bonds. The van der Waals surface area contributed by atoms with E-state index in [-0.39, 0.29) is 12.7 Å². The van der Waals surface area contributed by atoms with E-state index in [0.717, 1.165) is 16.8 Å². The van der Waals surface area contributed by atoms with E-state index in [1.165, 1.54) is 0 Å². The molecule has 0 saturated heterocycles. The number of fused-ring (bicyclic) bond motifs is 1. The molecule has 4 rings (SSSR count). The van der Waals surface area contributed by atoms with Crippen molar-refractivity contribution in [2.24, 2.45) is 7.05 Å². The first-order chi connectivity index (χ1) is 14.8. The Kier molecular flexibility index (Phi) is 5.25. The van der Waals surface area contributed by atoms with E-state index in [1.54, 1.807) is 36.3 Å². The number of nitrogens with one attached hydrogen (secondary N) is 2. The lowest BCUT2D eigenvalue weighted by molar-refractivity contribution is 0.219. The number of nitrogens with zero attached hydrogens (tertiary/aromatic N) is 5. The maximum atomic E-state index is 9.92. The number of aryl methyl sites for hydroxylation is 1. The molecule has 1 aliphatic rings. The average Bonchev–Trinajstić information content (AvgIpc) is 3.28. The highest BCUT2D eigenvalue weighted by Crippen LogP contribution is 2.41. The van der Waals surface area contributed by atoms with Gasteiger partial charge in [-0.15, -0.1) is 0 Å². The van der Waals surface area contributed by atoms with Crippen molar-refractivity contribution in [3.63, 3.8) is 0 Å². The monoisotopic (exact) mass is 419 g/mol. The smallest absolute Gasteiger partial charge is 0.236 e. The Bertz CT molecular complexity index is 1170. The van der Waals surface area contributed by atoms with Crippen LogP contribution in [-0.4, -0.2) is 44.1 Å². The van der Waals surface area contributed by atoms with Gasteiger partial charge in [0.25, 0.3) is 0 Å². The van der Waals surface area contributed by atoms with Crippen molar-refractivity contribution in [3.05, 3.63) is 41.7 Å². The molecule has 160 valence electrons. The zero-order valence-corrected chi connectivity index (χ0v) is 18.0. The quantitative estimate of drug-likeness (QED) is 0.558. The van der Waals surface area contributed by atoms with Crippen LogP contribution in [0.15, 0.2) is 30.6 Å². The van der Waals surface area contributed by atoms with Crippen LogP contribution < -0.4 is 15.4 Å². The van der Waals surface area contributed by atoms with E-state index < -0.39 is 5.41 Å². The molecular formula is C22H25N7O2. The van der Waals surface area contributed by atoms with Crippen LogP contribution in [0, 0.1) is 11.3 Å². The number of ether oxygens (including phenoxy) is 1. The second-order valence-corrected chi connectivity index (χ2v) is 8.17. The summed E-state index contributed by atoms with van der Waals surface area (Å²) in [4.78, 5) is 8.95. The molecule has 3 N–H and O–H groups in total. The summed E-state index contributed by atoms with van der Waals surface area (Å²) in [5.74, 6) is 0.985. The SMILES string of the molecule is CC(C)Oc1c(Nc2nccc(-c3cc(C#N)c4c(c3)[C@@](C)(CO)CN4)n2)cnn1C. The average molecular weight is 419 g/mol. The maximum absolute atomic E-state index is 9.92. The molecule has 9 nitrogen and oxygen atoms in total. The number of nitriles is 1. The fourth-order valence-corrected chi connectivity index (χ4v) is 3.64. The van der Waals surface area contributed by atoms with Gasteiger partial charge in [-0.05, 0) is 37.6 Å². The number of hydrogen-bond donors (Lipinski definition) is 3. The van der Waals surface area contributed by atoms with Crippen molar-refractivity contribution in [3.8, 4) is 23.2 Å². The molecule has 1 atom stereocenters. The van der Waals surface area contributed by atoms with Gasteiger partial charge in [0.15, 0.2) is 0 Å². The van der Waals surface area contributed by atoms with Gasteiger partial charge in [0.05, 0.1) is 35.9 Å². The summed E-state index contributed by atoms with van der Waals surface area (Å²) in [6.07, 6.45) is 3.32. The molecule has 1 aromatic carbocycles. The third-order valence-corrected chi connectivity index (χ3v) is 5.34. The molecule has 1 aliphatic heterocycles. The number of benzene rings is 1. The van der Waals surface area contributed by atoms with Crippen molar-refractivity contribution in [1.29, 1.82) is 5.26 Å². The Morgan fingerprint density at radius 1 is 1.42 bits per heavy atom. The van der Waals surface area contributed by atoms with Gasteiger partial charge in [0, 0.05) is 30.8 Å². The highest BCUT2D eigenvalue weighted by molar-refractivity contribution is 5.76. The van der Waals surface area contributed by atoms with Gasteiger partial charge in [-0.25, -0.2) is 14.6 Å². The standard InChI is InChI=1S/C22H25N7O2/c1-13(2)31-20-18(10-26-29(20)4)28-21-24-6-5-17(27-21)14-7-15(9-23)19-16(8-14)22(3,12-30)11-25-19/h5-8,10,13,25,30H,11-12H2,1-4H3,(H,24,27,28)/t22-/m1/s1. The van der Waals surface area contributed by atoms with Crippen LogP contribution in [0.1, 0.15) is 31.9 Å². The third kappa shape index (κ3) is 3.78. The Balaban J connectivity index is 1.71.